The topological polar surface area (TPSA) is 42.0 Å². The Kier molecular flexibility index (Phi) is 5.68. The van der Waals surface area contributed by atoms with E-state index < -0.39 is 5.82 Å². The summed E-state index contributed by atoms with van der Waals surface area (Å²) in [6, 6.07) is 11.7. The highest BCUT2D eigenvalue weighted by Gasteiger charge is 2.11. The fourth-order valence-electron chi connectivity index (χ4n) is 2.28. The average Bonchev–Trinajstić information content (AvgIpc) is 2.97. The van der Waals surface area contributed by atoms with E-state index in [9.17, 15) is 9.18 Å². The van der Waals surface area contributed by atoms with Crippen LogP contribution < -0.4 is 5.32 Å². The molecule has 0 spiro atoms. The quantitative estimate of drug-likeness (QED) is 0.632. The van der Waals surface area contributed by atoms with Gasteiger partial charge in [-0.15, -0.1) is 11.3 Å². The molecule has 25 heavy (non-hydrogen) atoms. The van der Waals surface area contributed by atoms with E-state index in [4.69, 9.17) is 23.2 Å². The molecule has 0 aliphatic carbocycles. The number of aromatic nitrogens is 1. The van der Waals surface area contributed by atoms with E-state index >= 15 is 0 Å². The summed E-state index contributed by atoms with van der Waals surface area (Å²) in [4.78, 5) is 16.5. The predicted molar refractivity (Wildman–Crippen MR) is 100 cm³/mol. The molecule has 0 saturated heterocycles. The molecule has 1 heterocycles. The van der Waals surface area contributed by atoms with Gasteiger partial charge in [0.15, 0.2) is 0 Å². The molecular weight excluding hydrogens is 382 g/mol. The van der Waals surface area contributed by atoms with Crippen LogP contribution in [-0.2, 0) is 17.6 Å². The van der Waals surface area contributed by atoms with Crippen LogP contribution in [0.5, 0.6) is 0 Å². The van der Waals surface area contributed by atoms with Crippen molar-refractivity contribution >= 4 is 46.1 Å². The van der Waals surface area contributed by atoms with Gasteiger partial charge in [-0.05, 0) is 35.9 Å². The summed E-state index contributed by atoms with van der Waals surface area (Å²) >= 11 is 13.1. The molecule has 0 aliphatic rings. The van der Waals surface area contributed by atoms with Gasteiger partial charge in [0, 0.05) is 21.8 Å². The summed E-state index contributed by atoms with van der Waals surface area (Å²) in [6.45, 7) is 0. The summed E-state index contributed by atoms with van der Waals surface area (Å²) in [6.07, 6.45) is 0.729. The molecule has 1 N–H and O–H groups in total. The number of rotatable bonds is 5. The minimum atomic E-state index is -0.569. The van der Waals surface area contributed by atoms with E-state index in [1.165, 1.54) is 23.5 Å². The molecule has 0 unspecified atom stereocenters. The van der Waals surface area contributed by atoms with E-state index in [0.717, 1.165) is 16.6 Å². The van der Waals surface area contributed by atoms with Crippen molar-refractivity contribution in [3.05, 3.63) is 80.0 Å². The molecule has 2 aromatic carbocycles. The van der Waals surface area contributed by atoms with Gasteiger partial charge in [-0.25, -0.2) is 9.37 Å². The Hall–Kier alpha value is -1.95. The van der Waals surface area contributed by atoms with Gasteiger partial charge in [0.2, 0.25) is 5.91 Å². The SMILES string of the molecule is O=C(Cc1csc(Cc2cccc(Cl)c2)n1)Nc1ccc(Cl)cc1F. The third-order valence-electron chi connectivity index (χ3n) is 3.39. The fourth-order valence-corrected chi connectivity index (χ4v) is 3.48. The summed E-state index contributed by atoms with van der Waals surface area (Å²) in [5, 5.41) is 6.21. The van der Waals surface area contributed by atoms with Gasteiger partial charge in [-0.2, -0.15) is 0 Å². The van der Waals surface area contributed by atoms with E-state index in [1.54, 1.807) is 0 Å². The summed E-state index contributed by atoms with van der Waals surface area (Å²) in [5.74, 6) is -0.901. The molecule has 0 fully saturated rings. The third kappa shape index (κ3) is 5.01. The van der Waals surface area contributed by atoms with Gasteiger partial charge in [-0.1, -0.05) is 35.3 Å². The molecule has 0 atom stereocenters. The number of thiazole rings is 1. The molecule has 7 heteroatoms. The van der Waals surface area contributed by atoms with Crippen molar-refractivity contribution in [3.8, 4) is 0 Å². The van der Waals surface area contributed by atoms with Crippen molar-refractivity contribution in [3.63, 3.8) is 0 Å². The lowest BCUT2D eigenvalue weighted by Gasteiger charge is -2.05. The molecule has 0 bridgehead atoms. The van der Waals surface area contributed by atoms with E-state index in [-0.39, 0.29) is 23.0 Å². The van der Waals surface area contributed by atoms with E-state index in [2.05, 4.69) is 10.3 Å². The number of hydrogen-bond acceptors (Lipinski definition) is 3. The largest absolute Gasteiger partial charge is 0.323 e. The van der Waals surface area contributed by atoms with Gasteiger partial charge in [0.05, 0.1) is 22.8 Å². The van der Waals surface area contributed by atoms with Gasteiger partial charge < -0.3 is 5.32 Å². The number of benzene rings is 2. The van der Waals surface area contributed by atoms with Crippen LogP contribution in [0.3, 0.4) is 0 Å². The maximum Gasteiger partial charge on any atom is 0.230 e. The lowest BCUT2D eigenvalue weighted by molar-refractivity contribution is -0.115. The van der Waals surface area contributed by atoms with Crippen molar-refractivity contribution in [2.45, 2.75) is 12.8 Å². The summed E-state index contributed by atoms with van der Waals surface area (Å²) in [5.41, 5.74) is 1.80. The van der Waals surface area contributed by atoms with Crippen molar-refractivity contribution < 1.29 is 9.18 Å². The first kappa shape index (κ1) is 17.9. The van der Waals surface area contributed by atoms with Crippen LogP contribution in [0.15, 0.2) is 47.8 Å². The average molecular weight is 395 g/mol. The van der Waals surface area contributed by atoms with Gasteiger partial charge >= 0.3 is 0 Å². The minimum absolute atomic E-state index is 0.0775. The van der Waals surface area contributed by atoms with Gasteiger partial charge in [0.25, 0.3) is 0 Å². The first-order valence-electron chi connectivity index (χ1n) is 7.42. The second-order valence-corrected chi connectivity index (χ2v) is 7.20. The predicted octanol–water partition coefficient (Wildman–Crippen LogP) is 5.36. The van der Waals surface area contributed by atoms with Crippen LogP contribution in [0, 0.1) is 5.82 Å². The van der Waals surface area contributed by atoms with Crippen LogP contribution in [0.4, 0.5) is 10.1 Å². The number of anilines is 1. The molecule has 3 rings (SSSR count). The summed E-state index contributed by atoms with van der Waals surface area (Å²) < 4.78 is 13.7. The molecule has 0 saturated carbocycles. The maximum absolute atomic E-state index is 13.7. The number of carbonyl (C=O) groups is 1. The molecule has 3 aromatic rings. The molecule has 1 amide bonds. The maximum atomic E-state index is 13.7. The molecule has 0 aliphatic heterocycles. The van der Waals surface area contributed by atoms with Crippen LogP contribution >= 0.6 is 34.5 Å². The number of halogens is 3. The van der Waals surface area contributed by atoms with Crippen molar-refractivity contribution in [1.82, 2.24) is 4.98 Å². The first-order chi connectivity index (χ1) is 12.0. The van der Waals surface area contributed by atoms with Crippen molar-refractivity contribution in [1.29, 1.82) is 0 Å². The van der Waals surface area contributed by atoms with Crippen molar-refractivity contribution in [2.75, 3.05) is 5.32 Å². The highest BCUT2D eigenvalue weighted by molar-refractivity contribution is 7.09. The number of hydrogen-bond donors (Lipinski definition) is 1. The lowest BCUT2D eigenvalue weighted by Crippen LogP contribution is -2.15. The first-order valence-corrected chi connectivity index (χ1v) is 9.06. The Bertz CT molecular complexity index is 914. The summed E-state index contributed by atoms with van der Waals surface area (Å²) in [7, 11) is 0. The molecule has 3 nitrogen and oxygen atoms in total. The zero-order valence-electron chi connectivity index (χ0n) is 12.9. The smallest absolute Gasteiger partial charge is 0.230 e. The normalized spacial score (nSPS) is 10.7. The Morgan fingerprint density at radius 2 is 1.96 bits per heavy atom. The molecular formula is C18H13Cl2FN2OS. The van der Waals surface area contributed by atoms with Crippen molar-refractivity contribution in [2.24, 2.45) is 0 Å². The second kappa shape index (κ2) is 7.95. The fraction of sp³-hybridized carbons (Fsp3) is 0.111. The van der Waals surface area contributed by atoms with Crippen LogP contribution in [-0.4, -0.2) is 10.9 Å². The Morgan fingerprint density at radius 3 is 2.72 bits per heavy atom. The van der Waals surface area contributed by atoms with Crippen LogP contribution in [0.2, 0.25) is 10.0 Å². The third-order valence-corrected chi connectivity index (χ3v) is 4.76. The highest BCUT2D eigenvalue weighted by atomic mass is 35.5. The zero-order valence-corrected chi connectivity index (χ0v) is 15.3. The highest BCUT2D eigenvalue weighted by Crippen LogP contribution is 2.20. The van der Waals surface area contributed by atoms with E-state index in [1.807, 2.05) is 29.6 Å². The van der Waals surface area contributed by atoms with Gasteiger partial charge in [-0.3, -0.25) is 4.79 Å². The molecule has 1 aromatic heterocycles. The van der Waals surface area contributed by atoms with Crippen LogP contribution in [0.1, 0.15) is 16.3 Å². The number of nitrogens with one attached hydrogen (secondary N) is 1. The number of carbonyl (C=O) groups excluding carboxylic acids is 1. The monoisotopic (exact) mass is 394 g/mol. The Morgan fingerprint density at radius 1 is 1.16 bits per heavy atom. The minimum Gasteiger partial charge on any atom is -0.323 e. The van der Waals surface area contributed by atoms with E-state index in [0.29, 0.717) is 17.1 Å². The Balaban J connectivity index is 1.61. The van der Waals surface area contributed by atoms with Crippen LogP contribution in [0.25, 0.3) is 0 Å². The zero-order chi connectivity index (χ0) is 17.8. The standard InChI is InChI=1S/C18H13Cl2FN2OS/c19-12-3-1-2-11(6-12)7-18-22-14(10-25-18)9-17(24)23-16-5-4-13(20)8-15(16)21/h1-6,8,10H,7,9H2,(H,23,24). The second-order valence-electron chi connectivity index (χ2n) is 5.39. The molecule has 128 valence electrons. The number of nitrogens with zero attached hydrogens (tertiary/aromatic N) is 1. The Labute approximate surface area is 158 Å². The lowest BCUT2D eigenvalue weighted by atomic mass is 10.2. The van der Waals surface area contributed by atoms with Gasteiger partial charge in [0.1, 0.15) is 5.82 Å². The molecule has 0 radical (unpaired) electrons. The number of amides is 1.